The molecule has 1 aromatic heterocycles. The van der Waals surface area contributed by atoms with E-state index < -0.39 is 10.0 Å². The van der Waals surface area contributed by atoms with Gasteiger partial charge in [-0.15, -0.1) is 0 Å². The molecule has 3 N–H and O–H groups in total. The number of H-pyrrole nitrogens is 1. The second-order valence-electron chi connectivity index (χ2n) is 2.98. The third kappa shape index (κ3) is 1.66. The summed E-state index contributed by atoms with van der Waals surface area (Å²) in [5, 5.41) is 11.6. The van der Waals surface area contributed by atoms with Gasteiger partial charge in [0.1, 0.15) is 5.75 Å². The summed E-state index contributed by atoms with van der Waals surface area (Å²) in [6.45, 7) is 0. The molecular formula is C8H9N3O3S. The van der Waals surface area contributed by atoms with Crippen LogP contribution in [0, 0.1) is 0 Å². The molecule has 2 aromatic rings. The maximum absolute atomic E-state index is 11.1. The lowest BCUT2D eigenvalue weighted by Crippen LogP contribution is -2.12. The van der Waals surface area contributed by atoms with Crippen molar-refractivity contribution in [3.05, 3.63) is 18.2 Å². The zero-order chi connectivity index (χ0) is 11.1. The zero-order valence-corrected chi connectivity index (χ0v) is 8.71. The standard InChI is InChI=1S/C8H9N3O3S/c1-14-5-2-3-6-7(4-5)10-11-8(6)15(9,12)13/h2-4H,1H3,(H,10,11)(H2,9,12,13). The summed E-state index contributed by atoms with van der Waals surface area (Å²) in [6.07, 6.45) is 0. The molecule has 0 fully saturated rings. The molecule has 1 aromatic carbocycles. The summed E-state index contributed by atoms with van der Waals surface area (Å²) >= 11 is 0. The van der Waals surface area contributed by atoms with Gasteiger partial charge in [-0.25, -0.2) is 13.6 Å². The number of aromatic amines is 1. The van der Waals surface area contributed by atoms with Crippen molar-refractivity contribution in [3.8, 4) is 5.75 Å². The minimum absolute atomic E-state index is 0.0832. The van der Waals surface area contributed by atoms with Crippen molar-refractivity contribution in [2.45, 2.75) is 5.03 Å². The lowest BCUT2D eigenvalue weighted by molar-refractivity contribution is 0.415. The van der Waals surface area contributed by atoms with Crippen LogP contribution in [0.5, 0.6) is 5.75 Å². The number of methoxy groups -OCH3 is 1. The summed E-state index contributed by atoms with van der Waals surface area (Å²) in [4.78, 5) is 0. The number of ether oxygens (including phenoxy) is 1. The molecule has 0 unspecified atom stereocenters. The van der Waals surface area contributed by atoms with E-state index in [1.54, 1.807) is 18.2 Å². The molecule has 0 atom stereocenters. The molecule has 7 heteroatoms. The van der Waals surface area contributed by atoms with Crippen LogP contribution >= 0.6 is 0 Å². The molecule has 0 spiro atoms. The van der Waals surface area contributed by atoms with Crippen LogP contribution in [0.2, 0.25) is 0 Å². The van der Waals surface area contributed by atoms with E-state index >= 15 is 0 Å². The largest absolute Gasteiger partial charge is 0.497 e. The Morgan fingerprint density at radius 2 is 2.20 bits per heavy atom. The van der Waals surface area contributed by atoms with Crippen molar-refractivity contribution >= 4 is 20.9 Å². The predicted molar refractivity (Wildman–Crippen MR) is 54.0 cm³/mol. The molecule has 0 aliphatic carbocycles. The Kier molecular flexibility index (Phi) is 2.13. The number of aromatic nitrogens is 2. The maximum Gasteiger partial charge on any atom is 0.255 e. The molecule has 0 bridgehead atoms. The fraction of sp³-hybridized carbons (Fsp3) is 0.125. The highest BCUT2D eigenvalue weighted by molar-refractivity contribution is 7.89. The van der Waals surface area contributed by atoms with E-state index in [0.717, 1.165) is 0 Å². The maximum atomic E-state index is 11.1. The number of hydrogen-bond acceptors (Lipinski definition) is 4. The van der Waals surface area contributed by atoms with E-state index in [1.807, 2.05) is 0 Å². The van der Waals surface area contributed by atoms with E-state index in [2.05, 4.69) is 10.2 Å². The molecule has 0 saturated carbocycles. The Morgan fingerprint density at radius 1 is 1.47 bits per heavy atom. The van der Waals surface area contributed by atoms with Gasteiger partial charge in [-0.1, -0.05) is 0 Å². The van der Waals surface area contributed by atoms with Crippen molar-refractivity contribution in [3.63, 3.8) is 0 Å². The molecule has 0 aliphatic heterocycles. The number of nitrogens with one attached hydrogen (secondary N) is 1. The minimum atomic E-state index is -3.76. The molecule has 0 radical (unpaired) electrons. The monoisotopic (exact) mass is 227 g/mol. The highest BCUT2D eigenvalue weighted by Crippen LogP contribution is 2.23. The van der Waals surface area contributed by atoms with E-state index in [1.165, 1.54) is 7.11 Å². The third-order valence-electron chi connectivity index (χ3n) is 2.01. The summed E-state index contributed by atoms with van der Waals surface area (Å²) < 4.78 is 27.3. The van der Waals surface area contributed by atoms with E-state index in [9.17, 15) is 8.42 Å². The first-order valence-corrected chi connectivity index (χ1v) is 5.62. The molecule has 6 nitrogen and oxygen atoms in total. The van der Waals surface area contributed by atoms with Crippen LogP contribution < -0.4 is 9.88 Å². The van der Waals surface area contributed by atoms with Crippen LogP contribution in [0.3, 0.4) is 0 Å². The second kappa shape index (κ2) is 3.21. The lowest BCUT2D eigenvalue weighted by atomic mass is 10.2. The van der Waals surface area contributed by atoms with Crippen molar-refractivity contribution in [1.82, 2.24) is 10.2 Å². The first-order valence-electron chi connectivity index (χ1n) is 4.07. The number of primary sulfonamides is 1. The summed E-state index contributed by atoms with van der Waals surface area (Å²) in [7, 11) is -2.24. The number of nitrogens with two attached hydrogens (primary N) is 1. The van der Waals surface area contributed by atoms with E-state index in [0.29, 0.717) is 16.7 Å². The predicted octanol–water partition coefficient (Wildman–Crippen LogP) is 0.219. The molecular weight excluding hydrogens is 218 g/mol. The molecule has 0 saturated heterocycles. The molecule has 80 valence electrons. The molecule has 0 aliphatic rings. The smallest absolute Gasteiger partial charge is 0.255 e. The summed E-state index contributed by atoms with van der Waals surface area (Å²) in [6, 6.07) is 4.87. The average molecular weight is 227 g/mol. The van der Waals surface area contributed by atoms with Gasteiger partial charge in [-0.3, -0.25) is 5.10 Å². The second-order valence-corrected chi connectivity index (χ2v) is 4.48. The number of benzene rings is 1. The van der Waals surface area contributed by atoms with Gasteiger partial charge in [0.2, 0.25) is 0 Å². The van der Waals surface area contributed by atoms with Gasteiger partial charge in [-0.05, 0) is 12.1 Å². The SMILES string of the molecule is COc1ccc2c(S(N)(=O)=O)[nH]nc2c1. The lowest BCUT2D eigenvalue weighted by Gasteiger charge is -1.98. The topological polar surface area (TPSA) is 98.1 Å². The van der Waals surface area contributed by atoms with Crippen LogP contribution in [0.1, 0.15) is 0 Å². The minimum Gasteiger partial charge on any atom is -0.497 e. The number of hydrogen-bond donors (Lipinski definition) is 2. The van der Waals surface area contributed by atoms with Crippen molar-refractivity contribution < 1.29 is 13.2 Å². The molecule has 0 amide bonds. The quantitative estimate of drug-likeness (QED) is 0.766. The van der Waals surface area contributed by atoms with Crippen LogP contribution in [0.25, 0.3) is 10.9 Å². The third-order valence-corrected chi connectivity index (χ3v) is 2.89. The van der Waals surface area contributed by atoms with Crippen LogP contribution in [-0.4, -0.2) is 25.7 Å². The average Bonchev–Trinajstić information content (AvgIpc) is 2.59. The van der Waals surface area contributed by atoms with Gasteiger partial charge in [-0.2, -0.15) is 5.10 Å². The fourth-order valence-corrected chi connectivity index (χ4v) is 1.96. The van der Waals surface area contributed by atoms with Crippen LogP contribution in [0.15, 0.2) is 23.2 Å². The highest BCUT2D eigenvalue weighted by atomic mass is 32.2. The van der Waals surface area contributed by atoms with E-state index in [4.69, 9.17) is 9.88 Å². The Labute approximate surface area is 86.1 Å². The molecule has 1 heterocycles. The number of sulfonamides is 1. The normalized spacial score (nSPS) is 11.9. The zero-order valence-electron chi connectivity index (χ0n) is 7.89. The molecule has 2 rings (SSSR count). The van der Waals surface area contributed by atoms with Gasteiger partial charge < -0.3 is 4.74 Å². The van der Waals surface area contributed by atoms with Gasteiger partial charge in [0.25, 0.3) is 10.0 Å². The van der Waals surface area contributed by atoms with Crippen molar-refractivity contribution in [2.24, 2.45) is 5.14 Å². The first-order chi connectivity index (χ1) is 7.02. The Balaban J connectivity index is 2.73. The van der Waals surface area contributed by atoms with Crippen LogP contribution in [-0.2, 0) is 10.0 Å². The Morgan fingerprint density at radius 3 is 2.80 bits per heavy atom. The molecule has 15 heavy (non-hydrogen) atoms. The van der Waals surface area contributed by atoms with Crippen molar-refractivity contribution in [1.29, 1.82) is 0 Å². The van der Waals surface area contributed by atoms with Gasteiger partial charge in [0.15, 0.2) is 5.03 Å². The highest BCUT2D eigenvalue weighted by Gasteiger charge is 2.15. The number of rotatable bonds is 2. The number of nitrogens with zero attached hydrogens (tertiary/aromatic N) is 1. The van der Waals surface area contributed by atoms with E-state index in [-0.39, 0.29) is 5.03 Å². The first kappa shape index (κ1) is 9.94. The number of fused-ring (bicyclic) bond motifs is 1. The summed E-state index contributed by atoms with van der Waals surface area (Å²) in [5.74, 6) is 0.606. The summed E-state index contributed by atoms with van der Waals surface area (Å²) in [5.41, 5.74) is 0.498. The van der Waals surface area contributed by atoms with Gasteiger partial charge in [0.05, 0.1) is 12.6 Å². The Bertz CT molecular complexity index is 603. The van der Waals surface area contributed by atoms with Crippen molar-refractivity contribution in [2.75, 3.05) is 7.11 Å². The Hall–Kier alpha value is -1.60. The van der Waals surface area contributed by atoms with Gasteiger partial charge >= 0.3 is 0 Å². The van der Waals surface area contributed by atoms with Crippen LogP contribution in [0.4, 0.5) is 0 Å². The van der Waals surface area contributed by atoms with Gasteiger partial charge in [0, 0.05) is 11.5 Å². The fourth-order valence-electron chi connectivity index (χ4n) is 1.31.